The first kappa shape index (κ1) is 20.9. The molecule has 0 spiro atoms. The predicted octanol–water partition coefficient (Wildman–Crippen LogP) is 5.06. The normalized spacial score (nSPS) is 17.2. The Balaban J connectivity index is 1.74. The fraction of sp³-hybridized carbons (Fsp3) is 0.280. The average Bonchev–Trinajstić information content (AvgIpc) is 3.26. The Hall–Kier alpha value is -2.34. The van der Waals surface area contributed by atoms with E-state index in [2.05, 4.69) is 20.8 Å². The van der Waals surface area contributed by atoms with Gasteiger partial charge in [0.2, 0.25) is 0 Å². The molecule has 5 heteroatoms. The second-order valence-corrected chi connectivity index (χ2v) is 8.60. The van der Waals surface area contributed by atoms with Crippen LogP contribution >= 0.6 is 15.9 Å². The van der Waals surface area contributed by atoms with Gasteiger partial charge in [0.05, 0.1) is 11.6 Å². The number of phenols is 1. The van der Waals surface area contributed by atoms with E-state index in [4.69, 9.17) is 4.74 Å². The third kappa shape index (κ3) is 3.85. The minimum absolute atomic E-state index is 0.119. The lowest BCUT2D eigenvalue weighted by Crippen LogP contribution is -2.48. The van der Waals surface area contributed by atoms with Gasteiger partial charge in [0.1, 0.15) is 17.1 Å². The molecule has 0 radical (unpaired) electrons. The van der Waals surface area contributed by atoms with Gasteiger partial charge in [0, 0.05) is 18.2 Å². The number of hydrogen-bond acceptors (Lipinski definition) is 4. The summed E-state index contributed by atoms with van der Waals surface area (Å²) in [6.07, 6.45) is 1.85. The van der Waals surface area contributed by atoms with Gasteiger partial charge in [-0.25, -0.2) is 0 Å². The molecule has 3 aromatic rings. The number of likely N-dealkylation sites (tertiary alicyclic amines) is 1. The van der Waals surface area contributed by atoms with Crippen LogP contribution < -0.4 is 4.74 Å². The molecule has 1 heterocycles. The molecule has 0 amide bonds. The molecule has 156 valence electrons. The molecule has 3 aromatic carbocycles. The zero-order valence-corrected chi connectivity index (χ0v) is 18.5. The first-order valence-corrected chi connectivity index (χ1v) is 11.0. The van der Waals surface area contributed by atoms with Crippen molar-refractivity contribution >= 4 is 15.9 Å². The average molecular weight is 468 g/mol. The van der Waals surface area contributed by atoms with Crippen LogP contribution in [-0.4, -0.2) is 34.8 Å². The fourth-order valence-corrected chi connectivity index (χ4v) is 4.99. The molecule has 1 aliphatic rings. The van der Waals surface area contributed by atoms with Crippen LogP contribution in [0.1, 0.15) is 29.5 Å². The van der Waals surface area contributed by atoms with E-state index in [0.29, 0.717) is 16.8 Å². The van der Waals surface area contributed by atoms with Gasteiger partial charge >= 0.3 is 0 Å². The maximum absolute atomic E-state index is 12.2. The summed E-state index contributed by atoms with van der Waals surface area (Å²) in [5.74, 6) is 0.899. The summed E-state index contributed by atoms with van der Waals surface area (Å²) in [5.41, 5.74) is 1.38. The van der Waals surface area contributed by atoms with Crippen molar-refractivity contribution in [2.75, 3.05) is 13.7 Å². The number of nitrogens with zero attached hydrogens (tertiary/aromatic N) is 1. The van der Waals surface area contributed by atoms with Crippen LogP contribution in [0.4, 0.5) is 0 Å². The van der Waals surface area contributed by atoms with E-state index in [-0.39, 0.29) is 11.8 Å². The van der Waals surface area contributed by atoms with Crippen LogP contribution in [0.15, 0.2) is 77.3 Å². The minimum Gasteiger partial charge on any atom is -0.506 e. The van der Waals surface area contributed by atoms with Crippen molar-refractivity contribution < 1.29 is 14.9 Å². The molecule has 1 aliphatic heterocycles. The minimum atomic E-state index is -1.15. The number of aromatic hydroxyl groups is 1. The third-order valence-electron chi connectivity index (χ3n) is 6.00. The summed E-state index contributed by atoms with van der Waals surface area (Å²) in [4.78, 5) is 2.26. The molecule has 1 fully saturated rings. The lowest BCUT2D eigenvalue weighted by atomic mass is 9.79. The number of hydrogen-bond donors (Lipinski definition) is 2. The maximum atomic E-state index is 12.2. The van der Waals surface area contributed by atoms with Gasteiger partial charge in [-0.2, -0.15) is 0 Å². The van der Waals surface area contributed by atoms with Gasteiger partial charge in [-0.05, 0) is 58.6 Å². The molecular weight excluding hydrogens is 442 g/mol. The summed E-state index contributed by atoms with van der Waals surface area (Å²) >= 11 is 3.42. The van der Waals surface area contributed by atoms with E-state index in [1.165, 1.54) is 0 Å². The summed E-state index contributed by atoms with van der Waals surface area (Å²) < 4.78 is 5.98. The van der Waals surface area contributed by atoms with Crippen molar-refractivity contribution in [3.8, 4) is 11.5 Å². The van der Waals surface area contributed by atoms with E-state index in [1.54, 1.807) is 13.2 Å². The number of benzene rings is 3. The third-order valence-corrected chi connectivity index (χ3v) is 6.60. The highest BCUT2D eigenvalue weighted by atomic mass is 79.9. The predicted molar refractivity (Wildman–Crippen MR) is 122 cm³/mol. The van der Waals surface area contributed by atoms with Crippen LogP contribution in [0.25, 0.3) is 0 Å². The monoisotopic (exact) mass is 467 g/mol. The molecule has 1 atom stereocenters. The Morgan fingerprint density at radius 3 is 2.20 bits per heavy atom. The number of aliphatic hydroxyl groups is 1. The quantitative estimate of drug-likeness (QED) is 0.531. The van der Waals surface area contributed by atoms with Gasteiger partial charge in [0.15, 0.2) is 0 Å². The Kier molecular flexibility index (Phi) is 6.14. The molecule has 0 aliphatic carbocycles. The smallest absolute Gasteiger partial charge is 0.134 e. The van der Waals surface area contributed by atoms with Crippen molar-refractivity contribution in [2.45, 2.75) is 31.0 Å². The number of ether oxygens (including phenoxy) is 1. The highest BCUT2D eigenvalue weighted by molar-refractivity contribution is 9.10. The zero-order chi connectivity index (χ0) is 21.1. The molecule has 30 heavy (non-hydrogen) atoms. The second-order valence-electron chi connectivity index (χ2n) is 7.74. The number of methoxy groups -OCH3 is 1. The summed E-state index contributed by atoms with van der Waals surface area (Å²) in [6, 6.07) is 23.2. The van der Waals surface area contributed by atoms with Gasteiger partial charge < -0.3 is 14.9 Å². The summed E-state index contributed by atoms with van der Waals surface area (Å²) in [5, 5.41) is 22.8. The van der Waals surface area contributed by atoms with Gasteiger partial charge in [-0.15, -0.1) is 0 Å². The summed E-state index contributed by atoms with van der Waals surface area (Å²) in [7, 11) is 1.62. The highest BCUT2D eigenvalue weighted by Crippen LogP contribution is 2.42. The number of rotatable bonds is 6. The fourth-order valence-electron chi connectivity index (χ4n) is 4.51. The Morgan fingerprint density at radius 1 is 1.03 bits per heavy atom. The van der Waals surface area contributed by atoms with Crippen LogP contribution in [0.3, 0.4) is 0 Å². The molecule has 0 saturated carbocycles. The maximum Gasteiger partial charge on any atom is 0.134 e. The Bertz CT molecular complexity index is 955. The van der Waals surface area contributed by atoms with Crippen molar-refractivity contribution in [1.82, 2.24) is 4.90 Å². The standard InChI is InChI=1S/C25H26BrNO3/c1-30-21-15-18(24(28)22(26)16-21)17-27-14-8-13-23(27)25(29,19-9-4-2-5-10-19)20-11-6-3-7-12-20/h2-7,9-12,15-16,23,28-29H,8,13-14,17H2,1H3/t23-/m0/s1. The van der Waals surface area contributed by atoms with Crippen molar-refractivity contribution in [2.24, 2.45) is 0 Å². The van der Waals surface area contributed by atoms with E-state index in [1.807, 2.05) is 66.7 Å². The van der Waals surface area contributed by atoms with Gasteiger partial charge in [0.25, 0.3) is 0 Å². The lowest BCUT2D eigenvalue weighted by Gasteiger charge is -2.40. The summed E-state index contributed by atoms with van der Waals surface area (Å²) in [6.45, 7) is 1.37. The van der Waals surface area contributed by atoms with Gasteiger partial charge in [-0.1, -0.05) is 60.7 Å². The highest BCUT2D eigenvalue weighted by Gasteiger charge is 2.45. The topological polar surface area (TPSA) is 52.9 Å². The molecule has 0 unspecified atom stereocenters. The number of halogens is 1. The van der Waals surface area contributed by atoms with Crippen LogP contribution in [0.2, 0.25) is 0 Å². The molecule has 4 rings (SSSR count). The molecule has 2 N–H and O–H groups in total. The lowest BCUT2D eigenvalue weighted by molar-refractivity contribution is -0.00674. The van der Waals surface area contributed by atoms with Crippen LogP contribution in [-0.2, 0) is 12.1 Å². The SMILES string of the molecule is COc1cc(Br)c(O)c(CN2CCC[C@H]2C(O)(c2ccccc2)c2ccccc2)c1. The van der Waals surface area contributed by atoms with E-state index >= 15 is 0 Å². The van der Waals surface area contributed by atoms with Crippen LogP contribution in [0.5, 0.6) is 11.5 Å². The van der Waals surface area contributed by atoms with E-state index in [0.717, 1.165) is 36.1 Å². The number of phenolic OH excluding ortho intramolecular Hbond substituents is 1. The Labute approximate surface area is 185 Å². The molecule has 0 bridgehead atoms. The first-order valence-electron chi connectivity index (χ1n) is 10.2. The van der Waals surface area contributed by atoms with Crippen LogP contribution in [0, 0.1) is 0 Å². The Morgan fingerprint density at radius 2 is 1.63 bits per heavy atom. The molecular formula is C25H26BrNO3. The van der Waals surface area contributed by atoms with Crippen molar-refractivity contribution in [3.05, 3.63) is 94.0 Å². The molecule has 0 aromatic heterocycles. The van der Waals surface area contributed by atoms with Gasteiger partial charge in [-0.3, -0.25) is 4.90 Å². The van der Waals surface area contributed by atoms with E-state index < -0.39 is 5.60 Å². The molecule has 4 nitrogen and oxygen atoms in total. The van der Waals surface area contributed by atoms with Crippen molar-refractivity contribution in [3.63, 3.8) is 0 Å². The first-order chi connectivity index (χ1) is 14.5. The van der Waals surface area contributed by atoms with Crippen molar-refractivity contribution in [1.29, 1.82) is 0 Å². The largest absolute Gasteiger partial charge is 0.506 e. The van der Waals surface area contributed by atoms with E-state index in [9.17, 15) is 10.2 Å². The second kappa shape index (κ2) is 8.80. The molecule has 1 saturated heterocycles. The zero-order valence-electron chi connectivity index (χ0n) is 17.0.